The monoisotopic (exact) mass is 356 g/mol. The molecular weight excluding hydrogens is 352 g/mol. The van der Waals surface area contributed by atoms with Crippen molar-refractivity contribution in [2.24, 2.45) is 0 Å². The summed E-state index contributed by atoms with van der Waals surface area (Å²) in [4.78, 5) is 5.15. The number of phenols is 1. The fourth-order valence-electron chi connectivity index (χ4n) is 1.55. The molecule has 96 valence electrons. The summed E-state index contributed by atoms with van der Waals surface area (Å²) >= 11 is 10.7. The number of halogens is 2. The highest BCUT2D eigenvalue weighted by atomic mass is 79.9. The van der Waals surface area contributed by atoms with E-state index in [2.05, 4.69) is 26.1 Å². The van der Waals surface area contributed by atoms with Crippen LogP contribution in [0.3, 0.4) is 0 Å². The topological polar surface area (TPSA) is 59.2 Å². The van der Waals surface area contributed by atoms with E-state index >= 15 is 0 Å². The zero-order valence-electron chi connectivity index (χ0n) is 9.30. The van der Waals surface area contributed by atoms with Crippen LogP contribution in [0.4, 0.5) is 0 Å². The van der Waals surface area contributed by atoms with Crippen LogP contribution in [0.5, 0.6) is 5.75 Å². The lowest BCUT2D eigenvalue weighted by Crippen LogP contribution is -1.80. The van der Waals surface area contributed by atoms with Crippen molar-refractivity contribution >= 4 is 38.9 Å². The van der Waals surface area contributed by atoms with Crippen LogP contribution in [0.1, 0.15) is 0 Å². The number of nitrogens with zero attached hydrogens (tertiary/aromatic N) is 2. The molecule has 0 aliphatic rings. The van der Waals surface area contributed by atoms with Crippen LogP contribution in [0, 0.1) is 0 Å². The average Bonchev–Trinajstić information content (AvgIpc) is 2.97. The van der Waals surface area contributed by atoms with Gasteiger partial charge in [0.15, 0.2) is 0 Å². The van der Waals surface area contributed by atoms with Gasteiger partial charge in [-0.25, -0.2) is 0 Å². The zero-order chi connectivity index (χ0) is 13.4. The van der Waals surface area contributed by atoms with E-state index < -0.39 is 0 Å². The lowest BCUT2D eigenvalue weighted by atomic mass is 10.2. The smallest absolute Gasteiger partial charge is 0.262 e. The summed E-state index contributed by atoms with van der Waals surface area (Å²) in [6, 6.07) is 6.63. The highest BCUT2D eigenvalue weighted by Crippen LogP contribution is 2.33. The Bertz CT molecular complexity index is 741. The first-order valence-corrected chi connectivity index (χ1v) is 7.25. The van der Waals surface area contributed by atoms with Gasteiger partial charge in [-0.3, -0.25) is 0 Å². The van der Waals surface area contributed by atoms with Crippen LogP contribution >= 0.6 is 38.9 Å². The van der Waals surface area contributed by atoms with E-state index in [0.29, 0.717) is 16.4 Å². The molecule has 0 fully saturated rings. The van der Waals surface area contributed by atoms with Gasteiger partial charge in [-0.2, -0.15) is 4.98 Å². The number of aromatic hydroxyl groups is 1. The number of hydrogen-bond acceptors (Lipinski definition) is 5. The Morgan fingerprint density at radius 1 is 1.32 bits per heavy atom. The molecule has 0 amide bonds. The third-order valence-corrected chi connectivity index (χ3v) is 4.33. The van der Waals surface area contributed by atoms with Gasteiger partial charge in [-0.15, -0.1) is 11.3 Å². The molecule has 19 heavy (non-hydrogen) atoms. The summed E-state index contributed by atoms with van der Waals surface area (Å²) < 4.78 is 6.13. The first kappa shape index (κ1) is 12.7. The maximum Gasteiger partial charge on any atom is 0.262 e. The van der Waals surface area contributed by atoms with E-state index in [1.165, 1.54) is 17.4 Å². The third-order valence-electron chi connectivity index (χ3n) is 2.40. The summed E-state index contributed by atoms with van der Waals surface area (Å²) in [5, 5.41) is 16.1. The number of phenolic OH excluding ortho intramolecular Hbond substituents is 1. The number of benzene rings is 1. The summed E-state index contributed by atoms with van der Waals surface area (Å²) in [7, 11) is 0. The van der Waals surface area contributed by atoms with Crippen LogP contribution in [-0.2, 0) is 0 Å². The first-order valence-electron chi connectivity index (χ1n) is 5.20. The number of thiophene rings is 1. The Balaban J connectivity index is 2.01. The lowest BCUT2D eigenvalue weighted by molar-refractivity contribution is 0.426. The van der Waals surface area contributed by atoms with E-state index in [1.54, 1.807) is 12.1 Å². The number of hydrogen-bond donors (Lipinski definition) is 1. The maximum atomic E-state index is 9.81. The van der Waals surface area contributed by atoms with E-state index in [-0.39, 0.29) is 11.6 Å². The zero-order valence-corrected chi connectivity index (χ0v) is 12.5. The molecule has 0 bridgehead atoms. The molecule has 1 aromatic carbocycles. The highest BCUT2D eigenvalue weighted by Gasteiger charge is 2.15. The Hall–Kier alpha value is -1.37. The van der Waals surface area contributed by atoms with E-state index in [0.717, 1.165) is 9.35 Å². The summed E-state index contributed by atoms with van der Waals surface area (Å²) in [5.41, 5.74) is 0.457. The number of aromatic nitrogens is 2. The predicted octanol–water partition coefficient (Wildman–Crippen LogP) is 4.59. The van der Waals surface area contributed by atoms with Crippen molar-refractivity contribution in [2.75, 3.05) is 0 Å². The van der Waals surface area contributed by atoms with Crippen molar-refractivity contribution in [3.8, 4) is 27.9 Å². The fourth-order valence-corrected chi connectivity index (χ4v) is 3.07. The Labute approximate surface area is 125 Å². The van der Waals surface area contributed by atoms with Gasteiger partial charge in [-0.05, 0) is 40.2 Å². The van der Waals surface area contributed by atoms with E-state index in [9.17, 15) is 5.11 Å². The van der Waals surface area contributed by atoms with Gasteiger partial charge in [0.1, 0.15) is 5.75 Å². The van der Waals surface area contributed by atoms with Gasteiger partial charge >= 0.3 is 0 Å². The van der Waals surface area contributed by atoms with Crippen molar-refractivity contribution in [3.63, 3.8) is 0 Å². The van der Waals surface area contributed by atoms with E-state index in [1.807, 2.05) is 11.4 Å². The molecule has 3 rings (SSSR count). The number of rotatable bonds is 2. The normalized spacial score (nSPS) is 10.8. The SMILES string of the molecule is Oc1cc(Cl)ccc1-c1nc(-c2cc(Br)cs2)no1. The summed E-state index contributed by atoms with van der Waals surface area (Å²) in [6.07, 6.45) is 0. The molecule has 0 saturated heterocycles. The van der Waals surface area contributed by atoms with Crippen molar-refractivity contribution in [2.45, 2.75) is 0 Å². The Morgan fingerprint density at radius 2 is 2.16 bits per heavy atom. The second-order valence-electron chi connectivity index (χ2n) is 3.71. The molecule has 0 saturated carbocycles. The molecule has 0 unspecified atom stereocenters. The molecular formula is C12H6BrClN2O2S. The largest absolute Gasteiger partial charge is 0.507 e. The predicted molar refractivity (Wildman–Crippen MR) is 77.4 cm³/mol. The average molecular weight is 358 g/mol. The van der Waals surface area contributed by atoms with Gasteiger partial charge in [0, 0.05) is 14.9 Å². The van der Waals surface area contributed by atoms with Gasteiger partial charge in [0.2, 0.25) is 5.82 Å². The Kier molecular flexibility index (Phi) is 3.30. The van der Waals surface area contributed by atoms with Crippen molar-refractivity contribution in [3.05, 3.63) is 39.1 Å². The van der Waals surface area contributed by atoms with Crippen LogP contribution < -0.4 is 0 Å². The molecule has 0 spiro atoms. The minimum Gasteiger partial charge on any atom is -0.507 e. The fraction of sp³-hybridized carbons (Fsp3) is 0. The van der Waals surface area contributed by atoms with E-state index in [4.69, 9.17) is 16.1 Å². The molecule has 0 aliphatic carbocycles. The van der Waals surface area contributed by atoms with Gasteiger partial charge < -0.3 is 9.63 Å². The lowest BCUT2D eigenvalue weighted by Gasteiger charge is -1.98. The van der Waals surface area contributed by atoms with Crippen LogP contribution in [0.25, 0.3) is 22.2 Å². The standard InChI is InChI=1S/C12H6BrClN2O2S/c13-6-3-10(19-5-6)11-15-12(18-16-11)8-2-1-7(14)4-9(8)17/h1-5,17H. The van der Waals surface area contributed by atoms with Crippen molar-refractivity contribution in [1.82, 2.24) is 10.1 Å². The first-order chi connectivity index (χ1) is 9.13. The molecule has 4 nitrogen and oxygen atoms in total. The molecule has 0 radical (unpaired) electrons. The highest BCUT2D eigenvalue weighted by molar-refractivity contribution is 9.10. The quantitative estimate of drug-likeness (QED) is 0.729. The van der Waals surface area contributed by atoms with Gasteiger partial charge in [0.05, 0.1) is 10.4 Å². The summed E-state index contributed by atoms with van der Waals surface area (Å²) in [5.74, 6) is 0.754. The second-order valence-corrected chi connectivity index (χ2v) is 5.98. The minimum atomic E-state index is 0.00931. The third kappa shape index (κ3) is 2.51. The second kappa shape index (κ2) is 4.96. The van der Waals surface area contributed by atoms with Gasteiger partial charge in [-0.1, -0.05) is 16.8 Å². The molecule has 0 atom stereocenters. The van der Waals surface area contributed by atoms with Crippen molar-refractivity contribution < 1.29 is 9.63 Å². The van der Waals surface area contributed by atoms with Crippen LogP contribution in [0.15, 0.2) is 38.6 Å². The molecule has 3 aromatic rings. The van der Waals surface area contributed by atoms with Crippen LogP contribution in [-0.4, -0.2) is 15.2 Å². The molecule has 0 aliphatic heterocycles. The molecule has 2 aromatic heterocycles. The minimum absolute atomic E-state index is 0.00931. The Morgan fingerprint density at radius 3 is 2.84 bits per heavy atom. The maximum absolute atomic E-state index is 9.81. The van der Waals surface area contributed by atoms with Gasteiger partial charge in [0.25, 0.3) is 5.89 Å². The molecule has 2 heterocycles. The van der Waals surface area contributed by atoms with Crippen molar-refractivity contribution in [1.29, 1.82) is 0 Å². The molecule has 1 N–H and O–H groups in total. The molecule has 7 heteroatoms. The van der Waals surface area contributed by atoms with Crippen LogP contribution in [0.2, 0.25) is 5.02 Å². The summed E-state index contributed by atoms with van der Waals surface area (Å²) in [6.45, 7) is 0.